The number of benzene rings is 1. The van der Waals surface area contributed by atoms with Crippen LogP contribution in [0.5, 0.6) is 5.75 Å². The molecule has 0 heterocycles. The molecule has 124 valence electrons. The van der Waals surface area contributed by atoms with Gasteiger partial charge in [0.15, 0.2) is 0 Å². The van der Waals surface area contributed by atoms with Crippen molar-refractivity contribution >= 4 is 12.0 Å². The number of hydrogen-bond donors (Lipinski definition) is 0. The SMILES string of the molecule is CCCCCCCCOC(=O)/C(C#N)=C/c1ccc(OC)cc1. The summed E-state index contributed by atoms with van der Waals surface area (Å²) in [5.41, 5.74) is 0.778. The first kappa shape index (κ1) is 18.8. The third-order valence-electron chi connectivity index (χ3n) is 3.50. The molecule has 0 amide bonds. The first-order chi connectivity index (χ1) is 11.2. The lowest BCUT2D eigenvalue weighted by molar-refractivity contribution is -0.138. The van der Waals surface area contributed by atoms with E-state index in [0.29, 0.717) is 6.61 Å². The van der Waals surface area contributed by atoms with E-state index in [9.17, 15) is 4.79 Å². The molecule has 0 radical (unpaired) electrons. The average Bonchev–Trinajstić information content (AvgIpc) is 2.59. The summed E-state index contributed by atoms with van der Waals surface area (Å²) >= 11 is 0. The maximum absolute atomic E-state index is 11.9. The number of methoxy groups -OCH3 is 1. The van der Waals surface area contributed by atoms with Crippen molar-refractivity contribution in [3.8, 4) is 11.8 Å². The fraction of sp³-hybridized carbons (Fsp3) is 0.474. The Hall–Kier alpha value is -2.28. The molecule has 0 aliphatic heterocycles. The highest BCUT2D eigenvalue weighted by atomic mass is 16.5. The summed E-state index contributed by atoms with van der Waals surface area (Å²) in [6, 6.07) is 9.04. The number of nitriles is 1. The van der Waals surface area contributed by atoms with Crippen molar-refractivity contribution in [3.05, 3.63) is 35.4 Å². The second kappa shape index (κ2) is 11.3. The number of carbonyl (C=O) groups excluding carboxylic acids is 1. The van der Waals surface area contributed by atoms with Crippen molar-refractivity contribution in [2.45, 2.75) is 45.4 Å². The van der Waals surface area contributed by atoms with Crippen LogP contribution in [0.4, 0.5) is 0 Å². The van der Waals surface area contributed by atoms with Gasteiger partial charge >= 0.3 is 5.97 Å². The van der Waals surface area contributed by atoms with E-state index in [-0.39, 0.29) is 5.57 Å². The summed E-state index contributed by atoms with van der Waals surface area (Å²) in [7, 11) is 1.59. The molecule has 0 aliphatic rings. The molecule has 1 aromatic carbocycles. The van der Waals surface area contributed by atoms with Crippen molar-refractivity contribution in [2.24, 2.45) is 0 Å². The maximum Gasteiger partial charge on any atom is 0.348 e. The van der Waals surface area contributed by atoms with Crippen LogP contribution in [0.1, 0.15) is 51.0 Å². The van der Waals surface area contributed by atoms with Crippen LogP contribution in [0.25, 0.3) is 6.08 Å². The second-order valence-corrected chi connectivity index (χ2v) is 5.35. The van der Waals surface area contributed by atoms with Crippen LogP contribution in [-0.2, 0) is 9.53 Å². The Morgan fingerprint density at radius 3 is 2.39 bits per heavy atom. The molecule has 0 N–H and O–H groups in total. The van der Waals surface area contributed by atoms with Crippen LogP contribution in [0.3, 0.4) is 0 Å². The van der Waals surface area contributed by atoms with Gasteiger partial charge < -0.3 is 9.47 Å². The molecule has 1 rings (SSSR count). The second-order valence-electron chi connectivity index (χ2n) is 5.35. The van der Waals surface area contributed by atoms with Crippen molar-refractivity contribution in [1.82, 2.24) is 0 Å². The van der Waals surface area contributed by atoms with Crippen LogP contribution in [0.2, 0.25) is 0 Å². The van der Waals surface area contributed by atoms with Gasteiger partial charge in [0.25, 0.3) is 0 Å². The normalized spacial score (nSPS) is 10.9. The van der Waals surface area contributed by atoms with E-state index in [1.54, 1.807) is 31.4 Å². The predicted molar refractivity (Wildman–Crippen MR) is 90.9 cm³/mol. The van der Waals surface area contributed by atoms with Crippen molar-refractivity contribution in [3.63, 3.8) is 0 Å². The zero-order valence-electron chi connectivity index (χ0n) is 14.0. The Bertz CT molecular complexity index is 541. The van der Waals surface area contributed by atoms with Crippen LogP contribution in [-0.4, -0.2) is 19.7 Å². The van der Waals surface area contributed by atoms with Gasteiger partial charge in [0.1, 0.15) is 17.4 Å². The number of unbranched alkanes of at least 4 members (excludes halogenated alkanes) is 5. The van der Waals surface area contributed by atoms with E-state index >= 15 is 0 Å². The molecule has 1 aromatic rings. The summed E-state index contributed by atoms with van der Waals surface area (Å²) in [5.74, 6) is 0.170. The molecule has 0 atom stereocenters. The topological polar surface area (TPSA) is 59.3 Å². The zero-order valence-corrected chi connectivity index (χ0v) is 14.0. The molecule has 23 heavy (non-hydrogen) atoms. The summed E-state index contributed by atoms with van der Waals surface area (Å²) in [4.78, 5) is 11.9. The highest BCUT2D eigenvalue weighted by molar-refractivity contribution is 5.97. The van der Waals surface area contributed by atoms with Gasteiger partial charge in [-0.2, -0.15) is 5.26 Å². The summed E-state index contributed by atoms with van der Waals surface area (Å²) < 4.78 is 10.2. The summed E-state index contributed by atoms with van der Waals surface area (Å²) in [5, 5.41) is 9.11. The lowest BCUT2D eigenvalue weighted by Crippen LogP contribution is -2.08. The number of nitrogens with zero attached hydrogens (tertiary/aromatic N) is 1. The Kier molecular flexibility index (Phi) is 9.23. The van der Waals surface area contributed by atoms with E-state index in [1.807, 2.05) is 6.07 Å². The van der Waals surface area contributed by atoms with Crippen LogP contribution in [0, 0.1) is 11.3 Å². The van der Waals surface area contributed by atoms with Gasteiger partial charge in [0, 0.05) is 0 Å². The number of rotatable bonds is 10. The van der Waals surface area contributed by atoms with Crippen molar-refractivity contribution < 1.29 is 14.3 Å². The molecule has 0 saturated heterocycles. The minimum atomic E-state index is -0.558. The number of carbonyl (C=O) groups is 1. The molecular weight excluding hydrogens is 290 g/mol. The van der Waals surface area contributed by atoms with Gasteiger partial charge in [-0.25, -0.2) is 4.79 Å². The number of hydrogen-bond acceptors (Lipinski definition) is 4. The molecule has 0 aromatic heterocycles. The number of esters is 1. The average molecular weight is 315 g/mol. The highest BCUT2D eigenvalue weighted by Gasteiger charge is 2.10. The molecule has 0 fully saturated rings. The van der Waals surface area contributed by atoms with Crippen molar-refractivity contribution in [2.75, 3.05) is 13.7 Å². The van der Waals surface area contributed by atoms with Gasteiger partial charge in [-0.3, -0.25) is 0 Å². The summed E-state index contributed by atoms with van der Waals surface area (Å²) in [6.45, 7) is 2.55. The highest BCUT2D eigenvalue weighted by Crippen LogP contribution is 2.14. The van der Waals surface area contributed by atoms with E-state index < -0.39 is 5.97 Å². The first-order valence-electron chi connectivity index (χ1n) is 8.14. The minimum Gasteiger partial charge on any atom is -0.497 e. The maximum atomic E-state index is 11.9. The van der Waals surface area contributed by atoms with E-state index in [4.69, 9.17) is 14.7 Å². The molecule has 4 heteroatoms. The lowest BCUT2D eigenvalue weighted by Gasteiger charge is -2.04. The molecule has 0 spiro atoms. The molecular formula is C19H25NO3. The van der Waals surface area contributed by atoms with Crippen LogP contribution in [0.15, 0.2) is 29.8 Å². The minimum absolute atomic E-state index is 0.0150. The van der Waals surface area contributed by atoms with E-state index in [0.717, 1.165) is 30.6 Å². The summed E-state index contributed by atoms with van der Waals surface area (Å²) in [6.07, 6.45) is 8.29. The Morgan fingerprint density at radius 2 is 1.78 bits per heavy atom. The number of ether oxygens (including phenoxy) is 2. The fourth-order valence-corrected chi connectivity index (χ4v) is 2.13. The fourth-order valence-electron chi connectivity index (χ4n) is 2.13. The van der Waals surface area contributed by atoms with Gasteiger partial charge in [-0.1, -0.05) is 51.2 Å². The van der Waals surface area contributed by atoms with Crippen molar-refractivity contribution in [1.29, 1.82) is 5.26 Å². The van der Waals surface area contributed by atoms with Crippen LogP contribution < -0.4 is 4.74 Å². The third-order valence-corrected chi connectivity index (χ3v) is 3.50. The first-order valence-corrected chi connectivity index (χ1v) is 8.14. The standard InChI is InChI=1S/C19H25NO3/c1-3-4-5-6-7-8-13-23-19(21)17(15-20)14-16-9-11-18(22-2)12-10-16/h9-12,14H,3-8,13H2,1-2H3/b17-14+. The monoisotopic (exact) mass is 315 g/mol. The Labute approximate surface area is 138 Å². The third kappa shape index (κ3) is 7.51. The smallest absolute Gasteiger partial charge is 0.348 e. The van der Waals surface area contributed by atoms with Gasteiger partial charge in [-0.15, -0.1) is 0 Å². The quantitative estimate of drug-likeness (QED) is 0.276. The molecule has 0 saturated carbocycles. The van der Waals surface area contributed by atoms with Gasteiger partial charge in [0.2, 0.25) is 0 Å². The molecule has 0 unspecified atom stereocenters. The van der Waals surface area contributed by atoms with E-state index in [1.165, 1.54) is 25.3 Å². The Balaban J connectivity index is 2.42. The largest absolute Gasteiger partial charge is 0.497 e. The Morgan fingerprint density at radius 1 is 1.13 bits per heavy atom. The zero-order chi connectivity index (χ0) is 16.9. The van der Waals surface area contributed by atoms with Crippen LogP contribution >= 0.6 is 0 Å². The van der Waals surface area contributed by atoms with E-state index in [2.05, 4.69) is 6.92 Å². The molecule has 0 aliphatic carbocycles. The molecule has 4 nitrogen and oxygen atoms in total. The lowest BCUT2D eigenvalue weighted by atomic mass is 10.1. The van der Waals surface area contributed by atoms with Gasteiger partial charge in [0.05, 0.1) is 13.7 Å². The van der Waals surface area contributed by atoms with Gasteiger partial charge in [-0.05, 0) is 30.2 Å². The predicted octanol–water partition coefficient (Wildman–Crippen LogP) is 4.51. The molecule has 0 bridgehead atoms.